The maximum Gasteiger partial charge on any atom is 0.267 e. The van der Waals surface area contributed by atoms with Gasteiger partial charge in [0.1, 0.15) is 0 Å². The van der Waals surface area contributed by atoms with E-state index < -0.39 is 10.0 Å². The van der Waals surface area contributed by atoms with Gasteiger partial charge in [0.05, 0.1) is 10.2 Å². The first-order chi connectivity index (χ1) is 9.65. The number of fused-ring (bicyclic) bond motifs is 1. The third-order valence-corrected chi connectivity index (χ3v) is 6.27. The van der Waals surface area contributed by atoms with Gasteiger partial charge in [0.25, 0.3) is 10.0 Å². The fourth-order valence-corrected chi connectivity index (χ4v) is 4.68. The molecule has 2 N–H and O–H groups in total. The lowest BCUT2D eigenvalue weighted by Gasteiger charge is -2.23. The summed E-state index contributed by atoms with van der Waals surface area (Å²) >= 11 is 1.21. The second kappa shape index (κ2) is 5.77. The van der Waals surface area contributed by atoms with Gasteiger partial charge in [-0.3, -0.25) is 0 Å². The number of thiazole rings is 1. The van der Waals surface area contributed by atoms with Gasteiger partial charge in [-0.15, -0.1) is 11.3 Å². The molecule has 0 spiro atoms. The van der Waals surface area contributed by atoms with Crippen molar-refractivity contribution in [1.82, 2.24) is 15.0 Å². The summed E-state index contributed by atoms with van der Waals surface area (Å²) < 4.78 is 28.2. The second-order valence-corrected chi connectivity index (χ2v) is 7.92. The molecule has 1 aromatic carbocycles. The van der Waals surface area contributed by atoms with Crippen molar-refractivity contribution in [2.75, 3.05) is 13.1 Å². The number of para-hydroxylation sites is 1. The van der Waals surface area contributed by atoms with Gasteiger partial charge in [-0.2, -0.15) is 0 Å². The van der Waals surface area contributed by atoms with Crippen molar-refractivity contribution >= 4 is 31.6 Å². The monoisotopic (exact) mass is 311 g/mol. The third kappa shape index (κ3) is 3.01. The fraction of sp³-hybridized carbons (Fsp3) is 0.462. The van der Waals surface area contributed by atoms with Crippen LogP contribution in [0.4, 0.5) is 0 Å². The Morgan fingerprint density at radius 2 is 2.20 bits per heavy atom. The predicted octanol–water partition coefficient (Wildman–Crippen LogP) is 1.72. The Morgan fingerprint density at radius 1 is 1.35 bits per heavy atom. The van der Waals surface area contributed by atoms with Crippen LogP contribution in [0.15, 0.2) is 28.6 Å². The number of nitrogens with one attached hydrogen (secondary N) is 2. The number of piperidine rings is 1. The van der Waals surface area contributed by atoms with Gasteiger partial charge in [0, 0.05) is 12.6 Å². The van der Waals surface area contributed by atoms with Crippen LogP contribution in [0.5, 0.6) is 0 Å². The van der Waals surface area contributed by atoms with Crippen LogP contribution in [0.1, 0.15) is 19.3 Å². The van der Waals surface area contributed by atoms with E-state index in [4.69, 9.17) is 0 Å². The molecule has 5 nitrogen and oxygen atoms in total. The highest BCUT2D eigenvalue weighted by Crippen LogP contribution is 2.24. The lowest BCUT2D eigenvalue weighted by molar-refractivity contribution is 0.398. The number of benzene rings is 1. The molecule has 2 aromatic rings. The first-order valence-corrected chi connectivity index (χ1v) is 9.04. The zero-order chi connectivity index (χ0) is 14.0. The van der Waals surface area contributed by atoms with Gasteiger partial charge in [0.15, 0.2) is 0 Å². The zero-order valence-corrected chi connectivity index (χ0v) is 12.6. The van der Waals surface area contributed by atoms with Crippen molar-refractivity contribution in [3.8, 4) is 0 Å². The number of hydrogen-bond donors (Lipinski definition) is 2. The van der Waals surface area contributed by atoms with Crippen molar-refractivity contribution < 1.29 is 8.42 Å². The summed E-state index contributed by atoms with van der Waals surface area (Å²) in [6, 6.07) is 7.68. The summed E-state index contributed by atoms with van der Waals surface area (Å²) in [6.07, 6.45) is 3.34. The normalized spacial score (nSPS) is 20.3. The van der Waals surface area contributed by atoms with Crippen LogP contribution in [0.2, 0.25) is 0 Å². The van der Waals surface area contributed by atoms with E-state index in [-0.39, 0.29) is 10.4 Å². The molecule has 0 amide bonds. The van der Waals surface area contributed by atoms with Gasteiger partial charge in [0.2, 0.25) is 4.34 Å². The lowest BCUT2D eigenvalue weighted by atomic mass is 10.1. The van der Waals surface area contributed by atoms with Gasteiger partial charge in [-0.25, -0.2) is 18.1 Å². The Labute approximate surface area is 122 Å². The number of hydrogen-bond acceptors (Lipinski definition) is 5. The van der Waals surface area contributed by atoms with Crippen LogP contribution < -0.4 is 10.0 Å². The molecule has 108 valence electrons. The molecular formula is C13H17N3O2S2. The van der Waals surface area contributed by atoms with Crippen molar-refractivity contribution in [3.63, 3.8) is 0 Å². The molecule has 0 bridgehead atoms. The molecule has 0 radical (unpaired) electrons. The molecule has 0 aliphatic carbocycles. The average Bonchev–Trinajstić information content (AvgIpc) is 2.91. The minimum Gasteiger partial charge on any atom is -0.313 e. The third-order valence-electron chi connectivity index (χ3n) is 3.44. The van der Waals surface area contributed by atoms with Crippen LogP contribution in [0.25, 0.3) is 10.2 Å². The molecule has 1 fully saturated rings. The molecule has 1 atom stereocenters. The van der Waals surface area contributed by atoms with Gasteiger partial charge < -0.3 is 5.32 Å². The topological polar surface area (TPSA) is 71.1 Å². The summed E-state index contributed by atoms with van der Waals surface area (Å²) in [5, 5.41) is 3.33. The van der Waals surface area contributed by atoms with E-state index in [0.717, 1.165) is 29.6 Å². The SMILES string of the molecule is O=S(=O)(NCC1CCCCN1)c1nc2ccccc2s1. The van der Waals surface area contributed by atoms with Crippen molar-refractivity contribution in [1.29, 1.82) is 0 Å². The highest BCUT2D eigenvalue weighted by molar-refractivity contribution is 7.91. The van der Waals surface area contributed by atoms with E-state index in [1.165, 1.54) is 17.8 Å². The quantitative estimate of drug-likeness (QED) is 0.902. The van der Waals surface area contributed by atoms with E-state index in [9.17, 15) is 8.42 Å². The Hall–Kier alpha value is -1.02. The minimum absolute atomic E-state index is 0.148. The molecule has 1 unspecified atom stereocenters. The van der Waals surface area contributed by atoms with E-state index in [1.54, 1.807) is 0 Å². The standard InChI is InChI=1S/C13H17N3O2S2/c17-20(18,15-9-10-5-3-4-8-14-10)13-16-11-6-1-2-7-12(11)19-13/h1-2,6-7,10,14-15H,3-5,8-9H2. The maximum absolute atomic E-state index is 12.3. The van der Waals surface area contributed by atoms with Crippen LogP contribution in [0.3, 0.4) is 0 Å². The molecule has 1 aromatic heterocycles. The fourth-order valence-electron chi connectivity index (χ4n) is 2.34. The molecule has 1 aliphatic heterocycles. The van der Waals surface area contributed by atoms with Crippen LogP contribution >= 0.6 is 11.3 Å². The molecule has 20 heavy (non-hydrogen) atoms. The summed E-state index contributed by atoms with van der Waals surface area (Å²) in [5.41, 5.74) is 0.730. The van der Waals surface area contributed by atoms with Crippen molar-refractivity contribution in [3.05, 3.63) is 24.3 Å². The molecule has 2 heterocycles. The largest absolute Gasteiger partial charge is 0.313 e. The number of aromatic nitrogens is 1. The van der Waals surface area contributed by atoms with E-state index >= 15 is 0 Å². The molecule has 3 rings (SSSR count). The summed E-state index contributed by atoms with van der Waals surface area (Å²) in [7, 11) is -3.50. The average molecular weight is 311 g/mol. The van der Waals surface area contributed by atoms with E-state index in [1.807, 2.05) is 24.3 Å². The van der Waals surface area contributed by atoms with Gasteiger partial charge in [-0.05, 0) is 31.5 Å². The first kappa shape index (κ1) is 13.9. The van der Waals surface area contributed by atoms with Crippen LogP contribution in [-0.2, 0) is 10.0 Å². The smallest absolute Gasteiger partial charge is 0.267 e. The molecule has 1 saturated heterocycles. The lowest BCUT2D eigenvalue weighted by Crippen LogP contribution is -2.43. The number of sulfonamides is 1. The molecule has 7 heteroatoms. The first-order valence-electron chi connectivity index (χ1n) is 6.74. The Morgan fingerprint density at radius 3 is 2.95 bits per heavy atom. The Bertz CT molecular complexity index is 657. The van der Waals surface area contributed by atoms with Gasteiger partial charge >= 0.3 is 0 Å². The molecule has 0 saturated carbocycles. The van der Waals surface area contributed by atoms with E-state index in [0.29, 0.717) is 6.54 Å². The van der Waals surface area contributed by atoms with E-state index in [2.05, 4.69) is 15.0 Å². The van der Waals surface area contributed by atoms with Gasteiger partial charge in [-0.1, -0.05) is 18.6 Å². The highest BCUT2D eigenvalue weighted by Gasteiger charge is 2.21. The summed E-state index contributed by atoms with van der Waals surface area (Å²) in [5.74, 6) is 0. The highest BCUT2D eigenvalue weighted by atomic mass is 32.2. The molecular weight excluding hydrogens is 294 g/mol. The maximum atomic E-state index is 12.3. The Kier molecular flexibility index (Phi) is 4.02. The Balaban J connectivity index is 1.73. The predicted molar refractivity (Wildman–Crippen MR) is 80.5 cm³/mol. The summed E-state index contributed by atoms with van der Waals surface area (Å²) in [6.45, 7) is 1.39. The molecule has 1 aliphatic rings. The zero-order valence-electron chi connectivity index (χ0n) is 11.0. The van der Waals surface area contributed by atoms with Crippen molar-refractivity contribution in [2.45, 2.75) is 29.6 Å². The number of nitrogens with zero attached hydrogens (tertiary/aromatic N) is 1. The van der Waals surface area contributed by atoms with Crippen LogP contribution in [-0.4, -0.2) is 32.5 Å². The summed E-state index contributed by atoms with van der Waals surface area (Å²) in [4.78, 5) is 4.20. The number of rotatable bonds is 4. The second-order valence-electron chi connectivity index (χ2n) is 4.95. The van der Waals surface area contributed by atoms with Crippen LogP contribution in [0, 0.1) is 0 Å². The minimum atomic E-state index is -3.50. The van der Waals surface area contributed by atoms with Crippen molar-refractivity contribution in [2.24, 2.45) is 0 Å².